The van der Waals surface area contributed by atoms with Gasteiger partial charge in [-0.15, -0.1) is 0 Å². The first-order valence-electron chi connectivity index (χ1n) is 6.93. The van der Waals surface area contributed by atoms with E-state index >= 15 is 0 Å². The Labute approximate surface area is 166 Å². The number of nitrogens with one attached hydrogen (secondary N) is 1. The molecule has 0 bridgehead atoms. The average molecular weight is 438 g/mol. The van der Waals surface area contributed by atoms with Gasteiger partial charge < -0.3 is 9.47 Å². The number of nitro groups is 1. The molecule has 0 unspecified atom stereocenters. The van der Waals surface area contributed by atoms with E-state index in [1.165, 1.54) is 6.07 Å². The third kappa shape index (κ3) is 3.35. The van der Waals surface area contributed by atoms with Gasteiger partial charge in [0, 0.05) is 12.1 Å². The predicted molar refractivity (Wildman–Crippen MR) is 96.3 cm³/mol. The second-order valence-electron chi connectivity index (χ2n) is 5.14. The molecule has 7 nitrogen and oxygen atoms in total. The summed E-state index contributed by atoms with van der Waals surface area (Å²) in [6, 6.07) is 9.79. The molecule has 0 spiro atoms. The molecule has 1 heterocycles. The smallest absolute Gasteiger partial charge is 0.388 e. The van der Waals surface area contributed by atoms with Crippen molar-refractivity contribution in [1.82, 2.24) is 5.32 Å². The molecule has 1 amide bonds. The van der Waals surface area contributed by atoms with Gasteiger partial charge in [-0.05, 0) is 18.2 Å². The van der Waals surface area contributed by atoms with Crippen LogP contribution < -0.4 is 14.8 Å². The van der Waals surface area contributed by atoms with Gasteiger partial charge in [0.25, 0.3) is 15.4 Å². The number of para-hydroxylation sites is 2. The zero-order chi connectivity index (χ0) is 19.1. The number of carbonyl (C=O) groups is 1. The molecule has 11 heteroatoms. The zero-order valence-electron chi connectivity index (χ0n) is 12.5. The van der Waals surface area contributed by atoms with Crippen LogP contribution in [0.3, 0.4) is 0 Å². The van der Waals surface area contributed by atoms with Crippen molar-refractivity contribution >= 4 is 58.0 Å². The van der Waals surface area contributed by atoms with Crippen molar-refractivity contribution in [3.05, 3.63) is 63.2 Å². The van der Waals surface area contributed by atoms with Gasteiger partial charge in [-0.1, -0.05) is 58.5 Å². The number of fused-ring (bicyclic) bond motifs is 1. The summed E-state index contributed by atoms with van der Waals surface area (Å²) in [6.45, 7) is 0. The maximum Gasteiger partial charge on any atom is 0.388 e. The van der Waals surface area contributed by atoms with Crippen LogP contribution in [0.4, 0.5) is 5.69 Å². The SMILES string of the molecule is O=C(NC1(C(Cl)(Cl)Cl)Oc2ccccc2O1)c1cc([N+](=O)[O-])ccc1Cl. The third-order valence-electron chi connectivity index (χ3n) is 3.41. The van der Waals surface area contributed by atoms with Crippen molar-refractivity contribution in [2.75, 3.05) is 0 Å². The summed E-state index contributed by atoms with van der Waals surface area (Å²) in [5.74, 6) is -2.60. The van der Waals surface area contributed by atoms with E-state index < -0.39 is 20.5 Å². The Morgan fingerprint density at radius 1 is 1.12 bits per heavy atom. The number of amides is 1. The van der Waals surface area contributed by atoms with E-state index in [1.54, 1.807) is 24.3 Å². The van der Waals surface area contributed by atoms with Crippen molar-refractivity contribution in [3.8, 4) is 11.5 Å². The number of carbonyl (C=O) groups excluding carboxylic acids is 1. The van der Waals surface area contributed by atoms with Crippen molar-refractivity contribution in [1.29, 1.82) is 0 Å². The highest BCUT2D eigenvalue weighted by atomic mass is 35.6. The quantitative estimate of drug-likeness (QED) is 0.434. The molecule has 0 aromatic heterocycles. The fraction of sp³-hybridized carbons (Fsp3) is 0.133. The molecular formula is C15H8Cl4N2O5. The molecule has 0 atom stereocenters. The van der Waals surface area contributed by atoms with E-state index in [9.17, 15) is 14.9 Å². The Balaban J connectivity index is 1.96. The number of nitro benzene ring substituents is 1. The third-order valence-corrected chi connectivity index (χ3v) is 4.49. The molecule has 3 rings (SSSR count). The maximum atomic E-state index is 12.6. The van der Waals surface area contributed by atoms with E-state index in [0.717, 1.165) is 12.1 Å². The number of hydrogen-bond donors (Lipinski definition) is 1. The number of nitrogens with zero attached hydrogens (tertiary/aromatic N) is 1. The van der Waals surface area contributed by atoms with E-state index in [-0.39, 0.29) is 27.8 Å². The maximum absolute atomic E-state index is 12.6. The number of hydrogen-bond acceptors (Lipinski definition) is 5. The van der Waals surface area contributed by atoms with Crippen LogP contribution >= 0.6 is 46.4 Å². The normalized spacial score (nSPS) is 14.8. The molecule has 1 N–H and O–H groups in total. The number of non-ortho nitro benzene ring substituents is 1. The Morgan fingerprint density at radius 3 is 2.19 bits per heavy atom. The van der Waals surface area contributed by atoms with Crippen molar-refractivity contribution in [2.24, 2.45) is 0 Å². The molecule has 1 aliphatic heterocycles. The average Bonchev–Trinajstić information content (AvgIpc) is 2.94. The standard InChI is InChI=1S/C15H8Cl4N2O5/c16-10-6-5-8(21(23)24)7-9(10)13(22)20-15(14(17,18)19)25-11-3-1-2-4-12(11)26-15/h1-7H,(H,20,22). The topological polar surface area (TPSA) is 90.7 Å². The molecule has 0 saturated heterocycles. The molecule has 0 fully saturated rings. The van der Waals surface area contributed by atoms with E-state index in [4.69, 9.17) is 55.9 Å². The van der Waals surface area contributed by atoms with Crippen molar-refractivity contribution in [2.45, 2.75) is 9.70 Å². The van der Waals surface area contributed by atoms with Gasteiger partial charge in [0.05, 0.1) is 15.5 Å². The largest absolute Gasteiger partial charge is 0.428 e. The first-order chi connectivity index (χ1) is 12.1. The fourth-order valence-electron chi connectivity index (χ4n) is 2.20. The summed E-state index contributed by atoms with van der Waals surface area (Å²) in [7, 11) is 0. The molecule has 0 radical (unpaired) electrons. The summed E-state index contributed by atoms with van der Waals surface area (Å²) >= 11 is 23.9. The Morgan fingerprint density at radius 2 is 1.69 bits per heavy atom. The summed E-state index contributed by atoms with van der Waals surface area (Å²) in [6.07, 6.45) is 0. The van der Waals surface area contributed by atoms with Crippen LogP contribution in [0.2, 0.25) is 5.02 Å². The number of ether oxygens (including phenoxy) is 2. The van der Waals surface area contributed by atoms with Crippen LogP contribution in [0.1, 0.15) is 10.4 Å². The van der Waals surface area contributed by atoms with Gasteiger partial charge in [0.15, 0.2) is 11.5 Å². The Bertz CT molecular complexity index is 875. The van der Waals surface area contributed by atoms with E-state index in [1.807, 2.05) is 0 Å². The highest BCUT2D eigenvalue weighted by Crippen LogP contribution is 2.48. The van der Waals surface area contributed by atoms with Crippen LogP contribution in [-0.4, -0.2) is 20.5 Å². The number of halogens is 4. The van der Waals surface area contributed by atoms with Crippen molar-refractivity contribution in [3.63, 3.8) is 0 Å². The van der Waals surface area contributed by atoms with Gasteiger partial charge in [-0.25, -0.2) is 0 Å². The fourth-order valence-corrected chi connectivity index (χ4v) is 2.78. The summed E-state index contributed by atoms with van der Waals surface area (Å²) in [4.78, 5) is 22.9. The first kappa shape index (κ1) is 18.8. The highest BCUT2D eigenvalue weighted by molar-refractivity contribution is 6.68. The van der Waals surface area contributed by atoms with Crippen molar-refractivity contribution < 1.29 is 19.2 Å². The molecule has 136 valence electrons. The van der Waals surface area contributed by atoms with Gasteiger partial charge in [-0.3, -0.25) is 20.2 Å². The lowest BCUT2D eigenvalue weighted by atomic mass is 10.2. The minimum Gasteiger partial charge on any atom is -0.428 e. The van der Waals surface area contributed by atoms with Gasteiger partial charge in [0.1, 0.15) is 0 Å². The number of benzene rings is 2. The molecule has 0 aliphatic carbocycles. The monoisotopic (exact) mass is 436 g/mol. The number of alkyl halides is 3. The summed E-state index contributed by atoms with van der Waals surface area (Å²) in [5, 5.41) is 13.2. The highest BCUT2D eigenvalue weighted by Gasteiger charge is 2.59. The first-order valence-corrected chi connectivity index (χ1v) is 8.44. The Hall–Kier alpha value is -1.93. The summed E-state index contributed by atoms with van der Waals surface area (Å²) in [5.41, 5.74) is -0.545. The van der Waals surface area contributed by atoms with E-state index in [2.05, 4.69) is 5.32 Å². The molecule has 2 aromatic rings. The lowest BCUT2D eigenvalue weighted by molar-refractivity contribution is -0.384. The minimum atomic E-state index is -2.24. The lowest BCUT2D eigenvalue weighted by Crippen LogP contribution is -2.63. The molecular weight excluding hydrogens is 430 g/mol. The molecule has 26 heavy (non-hydrogen) atoms. The van der Waals surface area contributed by atoms with Gasteiger partial charge >= 0.3 is 5.91 Å². The zero-order valence-corrected chi connectivity index (χ0v) is 15.6. The molecule has 1 aliphatic rings. The minimum absolute atomic E-state index is 0.0388. The second-order valence-corrected chi connectivity index (χ2v) is 7.83. The predicted octanol–water partition coefficient (Wildman–Crippen LogP) is 4.47. The second kappa shape index (κ2) is 6.66. The van der Waals surface area contributed by atoms with Crippen LogP contribution in [-0.2, 0) is 0 Å². The lowest BCUT2D eigenvalue weighted by Gasteiger charge is -2.33. The molecule has 2 aromatic carbocycles. The Kier molecular flexibility index (Phi) is 4.83. The van der Waals surface area contributed by atoms with Crippen LogP contribution in [0.5, 0.6) is 11.5 Å². The van der Waals surface area contributed by atoms with E-state index in [0.29, 0.717) is 0 Å². The van der Waals surface area contributed by atoms with Gasteiger partial charge in [-0.2, -0.15) is 0 Å². The van der Waals surface area contributed by atoms with Crippen LogP contribution in [0.15, 0.2) is 42.5 Å². The molecule has 0 saturated carbocycles. The van der Waals surface area contributed by atoms with Crippen LogP contribution in [0, 0.1) is 10.1 Å². The number of rotatable bonds is 3. The summed E-state index contributed by atoms with van der Waals surface area (Å²) < 4.78 is 8.84. The van der Waals surface area contributed by atoms with Gasteiger partial charge in [0.2, 0.25) is 0 Å². The van der Waals surface area contributed by atoms with Crippen LogP contribution in [0.25, 0.3) is 0 Å².